The molecule has 1 unspecified atom stereocenters. The zero-order chi connectivity index (χ0) is 10.1. The van der Waals surface area contributed by atoms with Gasteiger partial charge in [-0.25, -0.2) is 4.39 Å². The highest BCUT2D eigenvalue weighted by Crippen LogP contribution is 2.22. The summed E-state index contributed by atoms with van der Waals surface area (Å²) >= 11 is 0. The van der Waals surface area contributed by atoms with Crippen LogP contribution in [0.4, 0.5) is 4.39 Å². The third-order valence-corrected chi connectivity index (χ3v) is 1.65. The minimum absolute atomic E-state index is 0.441. The van der Waals surface area contributed by atoms with Crippen molar-refractivity contribution in [2.45, 2.75) is 19.4 Å². The molecule has 0 spiro atoms. The lowest BCUT2D eigenvalue weighted by molar-refractivity contribution is -0.157. The molecular formula is C9H9FO3. The number of carbonyl (C=O) groups is 2. The van der Waals surface area contributed by atoms with Gasteiger partial charge < -0.3 is 4.74 Å². The first-order valence-electron chi connectivity index (χ1n) is 3.74. The van der Waals surface area contributed by atoms with E-state index in [0.29, 0.717) is 0 Å². The molecule has 1 aliphatic carbocycles. The monoisotopic (exact) mass is 184 g/mol. The summed E-state index contributed by atoms with van der Waals surface area (Å²) in [5.74, 6) is -1.64. The van der Waals surface area contributed by atoms with Gasteiger partial charge in [0.25, 0.3) is 0 Å². The number of hydrogen-bond acceptors (Lipinski definition) is 3. The molecule has 0 saturated carbocycles. The first-order valence-corrected chi connectivity index (χ1v) is 3.74. The zero-order valence-corrected chi connectivity index (χ0v) is 7.33. The SMILES string of the molecule is CC(=O)OC1(C)C=C(F)C=CC1=O. The second kappa shape index (κ2) is 3.12. The molecule has 3 nitrogen and oxygen atoms in total. The number of carbonyl (C=O) groups excluding carboxylic acids is 2. The molecule has 0 radical (unpaired) electrons. The lowest BCUT2D eigenvalue weighted by Crippen LogP contribution is -2.38. The van der Waals surface area contributed by atoms with Gasteiger partial charge in [0.15, 0.2) is 5.60 Å². The predicted octanol–water partition coefficient (Wildman–Crippen LogP) is 1.30. The van der Waals surface area contributed by atoms with Crippen molar-refractivity contribution in [3.8, 4) is 0 Å². The summed E-state index contributed by atoms with van der Waals surface area (Å²) < 4.78 is 17.4. The highest BCUT2D eigenvalue weighted by Gasteiger charge is 2.35. The van der Waals surface area contributed by atoms with Crippen molar-refractivity contribution in [1.29, 1.82) is 0 Å². The molecule has 1 atom stereocenters. The van der Waals surface area contributed by atoms with Crippen molar-refractivity contribution < 1.29 is 18.7 Å². The van der Waals surface area contributed by atoms with E-state index in [1.807, 2.05) is 0 Å². The molecule has 70 valence electrons. The zero-order valence-electron chi connectivity index (χ0n) is 7.33. The molecule has 0 aromatic carbocycles. The molecule has 0 aliphatic heterocycles. The minimum Gasteiger partial charge on any atom is -0.447 e. The Hall–Kier alpha value is -1.45. The van der Waals surface area contributed by atoms with E-state index in [4.69, 9.17) is 4.74 Å². The van der Waals surface area contributed by atoms with E-state index >= 15 is 0 Å². The van der Waals surface area contributed by atoms with Crippen LogP contribution in [0, 0.1) is 0 Å². The van der Waals surface area contributed by atoms with E-state index < -0.39 is 23.2 Å². The fourth-order valence-corrected chi connectivity index (χ4v) is 1.08. The number of rotatable bonds is 1. The van der Waals surface area contributed by atoms with Crippen molar-refractivity contribution in [2.24, 2.45) is 0 Å². The normalized spacial score (nSPS) is 27.0. The molecule has 1 aliphatic rings. The number of ether oxygens (including phenoxy) is 1. The van der Waals surface area contributed by atoms with Gasteiger partial charge in [-0.3, -0.25) is 9.59 Å². The largest absolute Gasteiger partial charge is 0.447 e. The van der Waals surface area contributed by atoms with Gasteiger partial charge >= 0.3 is 5.97 Å². The van der Waals surface area contributed by atoms with Gasteiger partial charge in [-0.2, -0.15) is 0 Å². The number of esters is 1. The first kappa shape index (κ1) is 9.64. The second-order valence-electron chi connectivity index (χ2n) is 2.93. The van der Waals surface area contributed by atoms with E-state index in [1.165, 1.54) is 13.8 Å². The van der Waals surface area contributed by atoms with Crippen LogP contribution in [0.3, 0.4) is 0 Å². The van der Waals surface area contributed by atoms with E-state index in [9.17, 15) is 14.0 Å². The van der Waals surface area contributed by atoms with Crippen molar-refractivity contribution in [3.63, 3.8) is 0 Å². The maximum absolute atomic E-state index is 12.7. The molecule has 0 saturated heterocycles. The van der Waals surface area contributed by atoms with Crippen molar-refractivity contribution in [2.75, 3.05) is 0 Å². The van der Waals surface area contributed by atoms with Gasteiger partial charge in [-0.15, -0.1) is 0 Å². The predicted molar refractivity (Wildman–Crippen MR) is 43.5 cm³/mol. The number of hydrogen-bond donors (Lipinski definition) is 0. The summed E-state index contributed by atoms with van der Waals surface area (Å²) in [6.45, 7) is 2.52. The van der Waals surface area contributed by atoms with Gasteiger partial charge in [0.2, 0.25) is 5.78 Å². The molecule has 0 aromatic rings. The molecule has 0 heterocycles. The Morgan fingerprint density at radius 3 is 2.69 bits per heavy atom. The van der Waals surface area contributed by atoms with Crippen molar-refractivity contribution >= 4 is 11.8 Å². The molecular weight excluding hydrogens is 175 g/mol. The van der Waals surface area contributed by atoms with E-state index in [0.717, 1.165) is 18.2 Å². The van der Waals surface area contributed by atoms with Gasteiger partial charge in [-0.05, 0) is 19.1 Å². The summed E-state index contributed by atoms with van der Waals surface area (Å²) in [5.41, 5.74) is -1.48. The second-order valence-corrected chi connectivity index (χ2v) is 2.93. The van der Waals surface area contributed by atoms with Gasteiger partial charge in [0.05, 0.1) is 0 Å². The van der Waals surface area contributed by atoms with Gasteiger partial charge in [0, 0.05) is 13.0 Å². The quantitative estimate of drug-likeness (QED) is 0.577. The van der Waals surface area contributed by atoms with Crippen LogP contribution in [0.25, 0.3) is 0 Å². The van der Waals surface area contributed by atoms with Crippen LogP contribution in [0.2, 0.25) is 0 Å². The average molecular weight is 184 g/mol. The lowest BCUT2D eigenvalue weighted by Gasteiger charge is -2.24. The van der Waals surface area contributed by atoms with Crippen molar-refractivity contribution in [3.05, 3.63) is 24.1 Å². The van der Waals surface area contributed by atoms with Crippen LogP contribution in [-0.4, -0.2) is 17.4 Å². The van der Waals surface area contributed by atoms with Crippen LogP contribution in [0.5, 0.6) is 0 Å². The summed E-state index contributed by atoms with van der Waals surface area (Å²) in [6.07, 6.45) is 3.07. The standard InChI is InChI=1S/C9H9FO3/c1-6(11)13-9(2)5-7(10)3-4-8(9)12/h3-5H,1-2H3. The third kappa shape index (κ3) is 2.02. The molecule has 1 rings (SSSR count). The Morgan fingerprint density at radius 1 is 1.54 bits per heavy atom. The first-order chi connectivity index (χ1) is 5.94. The summed E-state index contributed by atoms with van der Waals surface area (Å²) in [6, 6.07) is 0. The highest BCUT2D eigenvalue weighted by atomic mass is 19.1. The fraction of sp³-hybridized carbons (Fsp3) is 0.333. The summed E-state index contributed by atoms with van der Waals surface area (Å²) in [4.78, 5) is 21.8. The van der Waals surface area contributed by atoms with E-state index in [-0.39, 0.29) is 0 Å². The van der Waals surface area contributed by atoms with Crippen LogP contribution in [0.1, 0.15) is 13.8 Å². The summed E-state index contributed by atoms with van der Waals surface area (Å²) in [7, 11) is 0. The number of ketones is 1. The fourth-order valence-electron chi connectivity index (χ4n) is 1.08. The van der Waals surface area contributed by atoms with Gasteiger partial charge in [0.1, 0.15) is 5.83 Å². The third-order valence-electron chi connectivity index (χ3n) is 1.65. The average Bonchev–Trinajstić information content (AvgIpc) is 1.95. The van der Waals surface area contributed by atoms with Gasteiger partial charge in [-0.1, -0.05) is 0 Å². The van der Waals surface area contributed by atoms with E-state index in [1.54, 1.807) is 0 Å². The number of halogens is 1. The molecule has 13 heavy (non-hydrogen) atoms. The summed E-state index contributed by atoms with van der Waals surface area (Å²) in [5, 5.41) is 0. The molecule has 0 fully saturated rings. The minimum atomic E-state index is -1.48. The number of allylic oxidation sites excluding steroid dienone is 2. The Balaban J connectivity index is 2.94. The Bertz CT molecular complexity index is 317. The highest BCUT2D eigenvalue weighted by molar-refractivity contribution is 6.01. The smallest absolute Gasteiger partial charge is 0.303 e. The van der Waals surface area contributed by atoms with E-state index in [2.05, 4.69) is 0 Å². The molecule has 0 N–H and O–H groups in total. The maximum atomic E-state index is 12.7. The molecule has 0 amide bonds. The van der Waals surface area contributed by atoms with Crippen LogP contribution >= 0.6 is 0 Å². The molecule has 0 bridgehead atoms. The Kier molecular flexibility index (Phi) is 2.32. The van der Waals surface area contributed by atoms with Crippen LogP contribution in [0.15, 0.2) is 24.1 Å². The van der Waals surface area contributed by atoms with Crippen molar-refractivity contribution in [1.82, 2.24) is 0 Å². The molecule has 0 aromatic heterocycles. The van der Waals surface area contributed by atoms with Crippen LogP contribution in [-0.2, 0) is 14.3 Å². The maximum Gasteiger partial charge on any atom is 0.303 e. The van der Waals surface area contributed by atoms with Crippen LogP contribution < -0.4 is 0 Å². The lowest BCUT2D eigenvalue weighted by atomic mass is 9.95. The molecule has 4 heteroatoms. The Morgan fingerprint density at radius 2 is 2.15 bits per heavy atom. The Labute approximate surface area is 74.9 Å². The topological polar surface area (TPSA) is 43.4 Å².